The number of rotatable bonds is 7. The molecular weight excluding hydrogens is 359 g/mol. The second-order valence-corrected chi connectivity index (χ2v) is 6.18. The fourth-order valence-corrected chi connectivity index (χ4v) is 2.72. The lowest BCUT2D eigenvalue weighted by molar-refractivity contribution is 0.0953. The zero-order valence-corrected chi connectivity index (χ0v) is 14.9. The molecule has 0 fully saturated rings. The molecule has 0 unspecified atom stereocenters. The summed E-state index contributed by atoms with van der Waals surface area (Å²) in [6.07, 6.45) is 0.591. The topological polar surface area (TPSA) is 75.6 Å². The zero-order chi connectivity index (χ0) is 19.9. The van der Waals surface area contributed by atoms with E-state index in [1.807, 2.05) is 12.1 Å². The summed E-state index contributed by atoms with van der Waals surface area (Å²) >= 11 is 0. The lowest BCUT2D eigenvalue weighted by atomic mass is 10.0. The van der Waals surface area contributed by atoms with Crippen molar-refractivity contribution in [3.8, 4) is 0 Å². The van der Waals surface area contributed by atoms with Crippen LogP contribution in [0.5, 0.6) is 0 Å². The number of benzene rings is 3. The summed E-state index contributed by atoms with van der Waals surface area (Å²) in [5, 5.41) is 5.59. The monoisotopic (exact) mass is 376 g/mol. The Hall–Kier alpha value is -3.67. The van der Waals surface area contributed by atoms with Gasteiger partial charge in [0.1, 0.15) is 11.5 Å². The molecule has 0 heterocycles. The summed E-state index contributed by atoms with van der Waals surface area (Å²) in [5.74, 6) is -0.932. The zero-order valence-electron chi connectivity index (χ0n) is 14.9. The number of hydrogen-bond donors (Lipinski definition) is 1. The maximum absolute atomic E-state index is 13.3. The molecule has 5 nitrogen and oxygen atoms in total. The van der Waals surface area contributed by atoms with E-state index in [1.165, 1.54) is 30.3 Å². The molecule has 0 radical (unpaired) electrons. The van der Waals surface area contributed by atoms with Gasteiger partial charge >= 0.3 is 0 Å². The van der Waals surface area contributed by atoms with Gasteiger partial charge in [-0.05, 0) is 53.6 Å². The Bertz CT molecular complexity index is 999. The fourth-order valence-electron chi connectivity index (χ4n) is 2.72. The Kier molecular flexibility index (Phi) is 6.01. The third-order valence-electron chi connectivity index (χ3n) is 4.24. The van der Waals surface area contributed by atoms with Crippen LogP contribution in [-0.2, 0) is 6.42 Å². The molecule has 28 heavy (non-hydrogen) atoms. The third kappa shape index (κ3) is 4.73. The molecule has 0 atom stereocenters. The smallest absolute Gasteiger partial charge is 0.251 e. The first-order valence-electron chi connectivity index (χ1n) is 8.67. The molecule has 0 aliphatic rings. The molecule has 1 amide bonds. The maximum atomic E-state index is 13.3. The van der Waals surface area contributed by atoms with E-state index in [9.17, 15) is 18.9 Å². The van der Waals surface area contributed by atoms with Crippen molar-refractivity contribution in [2.75, 3.05) is 6.54 Å². The van der Waals surface area contributed by atoms with Gasteiger partial charge in [-0.15, -0.1) is 4.91 Å². The highest BCUT2D eigenvalue weighted by molar-refractivity contribution is 6.08. The van der Waals surface area contributed by atoms with Gasteiger partial charge in [-0.2, -0.15) is 0 Å². The van der Waals surface area contributed by atoms with E-state index in [0.29, 0.717) is 29.7 Å². The molecule has 0 saturated heterocycles. The number of carbonyl (C=O) groups is 2. The Morgan fingerprint density at radius 1 is 0.857 bits per heavy atom. The van der Waals surface area contributed by atoms with Crippen molar-refractivity contribution in [3.05, 3.63) is 106 Å². The van der Waals surface area contributed by atoms with Gasteiger partial charge in [0.05, 0.1) is 0 Å². The lowest BCUT2D eigenvalue weighted by Crippen LogP contribution is -2.25. The number of carbonyl (C=O) groups excluding carboxylic acids is 2. The Balaban J connectivity index is 1.54. The fraction of sp³-hybridized carbons (Fsp3) is 0.0909. The van der Waals surface area contributed by atoms with E-state index < -0.39 is 5.82 Å². The molecule has 0 spiro atoms. The van der Waals surface area contributed by atoms with Crippen molar-refractivity contribution in [2.24, 2.45) is 5.18 Å². The first kappa shape index (κ1) is 19.1. The van der Waals surface area contributed by atoms with Crippen LogP contribution in [0.15, 0.2) is 78.0 Å². The maximum Gasteiger partial charge on any atom is 0.251 e. The summed E-state index contributed by atoms with van der Waals surface area (Å²) in [6.45, 7) is 0.420. The van der Waals surface area contributed by atoms with Gasteiger partial charge in [0.2, 0.25) is 0 Å². The number of ketones is 1. The van der Waals surface area contributed by atoms with Crippen molar-refractivity contribution >= 4 is 17.4 Å². The van der Waals surface area contributed by atoms with Crippen molar-refractivity contribution < 1.29 is 14.0 Å². The van der Waals surface area contributed by atoms with E-state index in [4.69, 9.17) is 0 Å². The molecule has 0 bridgehead atoms. The summed E-state index contributed by atoms with van der Waals surface area (Å²) in [5.41, 5.74) is 2.45. The Morgan fingerprint density at radius 3 is 2.18 bits per heavy atom. The first-order chi connectivity index (χ1) is 13.6. The van der Waals surface area contributed by atoms with Crippen LogP contribution >= 0.6 is 0 Å². The number of nitroso groups, excluding NO2 is 1. The highest BCUT2D eigenvalue weighted by atomic mass is 19.1. The van der Waals surface area contributed by atoms with Crippen LogP contribution in [0.2, 0.25) is 0 Å². The van der Waals surface area contributed by atoms with Crippen molar-refractivity contribution in [1.29, 1.82) is 0 Å². The average Bonchev–Trinajstić information content (AvgIpc) is 2.73. The average molecular weight is 376 g/mol. The van der Waals surface area contributed by atoms with Crippen LogP contribution in [0.3, 0.4) is 0 Å². The molecular formula is C22H17FN2O3. The van der Waals surface area contributed by atoms with E-state index in [2.05, 4.69) is 10.5 Å². The van der Waals surface area contributed by atoms with Crippen molar-refractivity contribution in [3.63, 3.8) is 0 Å². The summed E-state index contributed by atoms with van der Waals surface area (Å²) in [4.78, 5) is 34.8. The largest absolute Gasteiger partial charge is 0.352 e. The van der Waals surface area contributed by atoms with Gasteiger partial charge in [0, 0.05) is 23.2 Å². The van der Waals surface area contributed by atoms with Gasteiger partial charge in [0.25, 0.3) is 5.91 Å². The number of hydrogen-bond acceptors (Lipinski definition) is 4. The van der Waals surface area contributed by atoms with Crippen LogP contribution in [0.1, 0.15) is 31.8 Å². The number of amides is 1. The van der Waals surface area contributed by atoms with Gasteiger partial charge in [-0.3, -0.25) is 9.59 Å². The van der Waals surface area contributed by atoms with Gasteiger partial charge < -0.3 is 5.32 Å². The van der Waals surface area contributed by atoms with Crippen LogP contribution in [0.4, 0.5) is 10.1 Å². The SMILES string of the molecule is O=Nc1ccc(C(=O)NCCc2ccc(C(=O)c3cccc(F)c3)cc2)cc1. The minimum absolute atomic E-state index is 0.240. The van der Waals surface area contributed by atoms with Crippen LogP contribution in [-0.4, -0.2) is 18.2 Å². The number of halogens is 1. The highest BCUT2D eigenvalue weighted by Gasteiger charge is 2.10. The molecule has 1 N–H and O–H groups in total. The van der Waals surface area contributed by atoms with E-state index in [1.54, 1.807) is 30.3 Å². The highest BCUT2D eigenvalue weighted by Crippen LogP contribution is 2.14. The van der Waals surface area contributed by atoms with E-state index in [-0.39, 0.29) is 17.4 Å². The van der Waals surface area contributed by atoms with Gasteiger partial charge in [0.15, 0.2) is 5.78 Å². The minimum atomic E-state index is -0.449. The molecule has 140 valence electrons. The Labute approximate surface area is 161 Å². The summed E-state index contributed by atoms with van der Waals surface area (Å²) < 4.78 is 13.3. The molecule has 0 aromatic heterocycles. The standard InChI is InChI=1S/C22H17FN2O3/c23-19-3-1-2-18(14-19)21(26)16-6-4-15(5-7-16)12-13-24-22(27)17-8-10-20(25-28)11-9-17/h1-11,14H,12-13H2,(H,24,27). The molecule has 0 saturated carbocycles. The molecule has 0 aliphatic heterocycles. The number of nitrogens with zero attached hydrogens (tertiary/aromatic N) is 1. The predicted molar refractivity (Wildman–Crippen MR) is 104 cm³/mol. The van der Waals surface area contributed by atoms with Gasteiger partial charge in [-0.25, -0.2) is 4.39 Å². The van der Waals surface area contributed by atoms with Crippen molar-refractivity contribution in [2.45, 2.75) is 6.42 Å². The molecule has 0 aliphatic carbocycles. The van der Waals surface area contributed by atoms with Crippen LogP contribution < -0.4 is 5.32 Å². The minimum Gasteiger partial charge on any atom is -0.352 e. The normalized spacial score (nSPS) is 10.3. The summed E-state index contributed by atoms with van der Waals surface area (Å²) in [7, 11) is 0. The van der Waals surface area contributed by atoms with E-state index in [0.717, 1.165) is 5.56 Å². The first-order valence-corrected chi connectivity index (χ1v) is 8.67. The quantitative estimate of drug-likeness (QED) is 0.490. The van der Waals surface area contributed by atoms with E-state index >= 15 is 0 Å². The second kappa shape index (κ2) is 8.81. The summed E-state index contributed by atoms with van der Waals surface area (Å²) in [6, 6.07) is 18.6. The lowest BCUT2D eigenvalue weighted by Gasteiger charge is -2.07. The number of nitrogens with one attached hydrogen (secondary N) is 1. The molecule has 6 heteroatoms. The van der Waals surface area contributed by atoms with Crippen LogP contribution in [0.25, 0.3) is 0 Å². The van der Waals surface area contributed by atoms with Crippen LogP contribution in [0, 0.1) is 10.7 Å². The molecule has 3 aromatic carbocycles. The molecule has 3 aromatic rings. The Morgan fingerprint density at radius 2 is 1.54 bits per heavy atom. The van der Waals surface area contributed by atoms with Gasteiger partial charge in [-0.1, -0.05) is 36.4 Å². The van der Waals surface area contributed by atoms with Crippen molar-refractivity contribution in [1.82, 2.24) is 5.32 Å². The molecule has 3 rings (SSSR count). The third-order valence-corrected chi connectivity index (χ3v) is 4.24. The second-order valence-electron chi connectivity index (χ2n) is 6.18. The predicted octanol–water partition coefficient (Wildman–Crippen LogP) is 4.43.